The van der Waals surface area contributed by atoms with Crippen LogP contribution >= 0.6 is 0 Å². The van der Waals surface area contributed by atoms with Gasteiger partial charge in [0.1, 0.15) is 0 Å². The maximum atomic E-state index is 2.47. The average Bonchev–Trinajstić information content (AvgIpc) is 2.23. The van der Waals surface area contributed by atoms with Crippen LogP contribution in [0.25, 0.3) is 0 Å². The zero-order valence-electron chi connectivity index (χ0n) is 12.9. The van der Waals surface area contributed by atoms with Gasteiger partial charge in [0.25, 0.3) is 0 Å². The third-order valence-electron chi connectivity index (χ3n) is 4.84. The van der Waals surface area contributed by atoms with Gasteiger partial charge in [-0.1, -0.05) is 66.7 Å². The van der Waals surface area contributed by atoms with Crippen molar-refractivity contribution in [3.05, 3.63) is 0 Å². The first-order valence-corrected chi connectivity index (χ1v) is 7.81. The Kier molecular flexibility index (Phi) is 5.54. The third kappa shape index (κ3) is 6.48. The van der Waals surface area contributed by atoms with Gasteiger partial charge in [0.05, 0.1) is 0 Å². The summed E-state index contributed by atoms with van der Waals surface area (Å²) in [6.07, 6.45) is 12.9. The number of hydrogen-bond acceptors (Lipinski definition) is 0. The van der Waals surface area contributed by atoms with Gasteiger partial charge in [-0.2, -0.15) is 0 Å². The van der Waals surface area contributed by atoms with Crippen LogP contribution in [-0.4, -0.2) is 0 Å². The molecule has 1 fully saturated rings. The lowest BCUT2D eigenvalue weighted by atomic mass is 9.73. The monoisotopic (exact) mass is 238 g/mol. The van der Waals surface area contributed by atoms with Crippen molar-refractivity contribution in [2.75, 3.05) is 0 Å². The SMILES string of the molecule is CC1CCCCCC(C)(C)CCC(C)(C)CC1. The number of rotatable bonds is 0. The standard InChI is InChI=1S/C17H34/c1-15-9-7-6-8-11-16(2,3)13-14-17(4,5)12-10-15/h15H,6-14H2,1-5H3. The molecule has 0 heterocycles. The van der Waals surface area contributed by atoms with Gasteiger partial charge in [-0.05, 0) is 42.4 Å². The van der Waals surface area contributed by atoms with E-state index in [1.54, 1.807) is 0 Å². The molecule has 17 heavy (non-hydrogen) atoms. The molecule has 1 atom stereocenters. The molecule has 0 N–H and O–H groups in total. The van der Waals surface area contributed by atoms with E-state index in [2.05, 4.69) is 34.6 Å². The summed E-state index contributed by atoms with van der Waals surface area (Å²) in [5.74, 6) is 0.946. The van der Waals surface area contributed by atoms with Crippen molar-refractivity contribution in [2.24, 2.45) is 16.7 Å². The Balaban J connectivity index is 2.54. The zero-order valence-corrected chi connectivity index (χ0v) is 12.9. The quantitative estimate of drug-likeness (QED) is 0.471. The second-order valence-electron chi connectivity index (χ2n) is 8.07. The smallest absolute Gasteiger partial charge is 0.0354 e. The van der Waals surface area contributed by atoms with Crippen molar-refractivity contribution in [1.82, 2.24) is 0 Å². The lowest BCUT2D eigenvalue weighted by Gasteiger charge is -2.33. The highest BCUT2D eigenvalue weighted by Crippen LogP contribution is 2.38. The van der Waals surface area contributed by atoms with Crippen LogP contribution in [0.3, 0.4) is 0 Å². The van der Waals surface area contributed by atoms with E-state index in [0.717, 1.165) is 5.92 Å². The van der Waals surface area contributed by atoms with Crippen LogP contribution in [0.5, 0.6) is 0 Å². The second-order valence-corrected chi connectivity index (χ2v) is 8.07. The molecule has 0 amide bonds. The highest BCUT2D eigenvalue weighted by Gasteiger charge is 2.25. The predicted molar refractivity (Wildman–Crippen MR) is 78.3 cm³/mol. The van der Waals surface area contributed by atoms with E-state index >= 15 is 0 Å². The Bertz CT molecular complexity index is 212. The van der Waals surface area contributed by atoms with E-state index in [-0.39, 0.29) is 0 Å². The number of hydrogen-bond donors (Lipinski definition) is 0. The van der Waals surface area contributed by atoms with Gasteiger partial charge in [0, 0.05) is 0 Å². The maximum absolute atomic E-state index is 2.47. The molecule has 1 aliphatic rings. The molecule has 0 aromatic carbocycles. The molecule has 1 aliphatic carbocycles. The molecule has 0 saturated heterocycles. The van der Waals surface area contributed by atoms with Crippen LogP contribution in [0.4, 0.5) is 0 Å². The summed E-state index contributed by atoms with van der Waals surface area (Å²) >= 11 is 0. The lowest BCUT2D eigenvalue weighted by molar-refractivity contribution is 0.195. The molecule has 0 bridgehead atoms. The van der Waals surface area contributed by atoms with Crippen molar-refractivity contribution < 1.29 is 0 Å². The van der Waals surface area contributed by atoms with Crippen LogP contribution in [0.15, 0.2) is 0 Å². The van der Waals surface area contributed by atoms with Crippen molar-refractivity contribution in [2.45, 2.75) is 92.4 Å². The van der Waals surface area contributed by atoms with Crippen molar-refractivity contribution >= 4 is 0 Å². The van der Waals surface area contributed by atoms with Gasteiger partial charge in [0.15, 0.2) is 0 Å². The van der Waals surface area contributed by atoms with Crippen LogP contribution in [0.2, 0.25) is 0 Å². The van der Waals surface area contributed by atoms with E-state index in [9.17, 15) is 0 Å². The molecule has 1 saturated carbocycles. The third-order valence-corrected chi connectivity index (χ3v) is 4.84. The fourth-order valence-corrected chi connectivity index (χ4v) is 2.98. The van der Waals surface area contributed by atoms with Crippen molar-refractivity contribution in [3.8, 4) is 0 Å². The Morgan fingerprint density at radius 3 is 1.88 bits per heavy atom. The second kappa shape index (κ2) is 6.25. The fourth-order valence-electron chi connectivity index (χ4n) is 2.98. The zero-order chi connectivity index (χ0) is 12.9. The normalized spacial score (nSPS) is 31.2. The Morgan fingerprint density at radius 1 is 0.647 bits per heavy atom. The van der Waals surface area contributed by atoms with Gasteiger partial charge in [0.2, 0.25) is 0 Å². The molecule has 1 rings (SSSR count). The largest absolute Gasteiger partial charge is 0.0625 e. The first kappa shape index (κ1) is 15.1. The van der Waals surface area contributed by atoms with E-state index in [1.807, 2.05) is 0 Å². The average molecular weight is 238 g/mol. The van der Waals surface area contributed by atoms with E-state index in [0.29, 0.717) is 10.8 Å². The maximum Gasteiger partial charge on any atom is -0.0354 e. The first-order chi connectivity index (χ1) is 7.81. The molecular formula is C17H34. The summed E-state index contributed by atoms with van der Waals surface area (Å²) in [4.78, 5) is 0. The van der Waals surface area contributed by atoms with Crippen molar-refractivity contribution in [1.29, 1.82) is 0 Å². The van der Waals surface area contributed by atoms with Crippen LogP contribution in [0.1, 0.15) is 92.4 Å². The highest BCUT2D eigenvalue weighted by molar-refractivity contribution is 4.77. The van der Waals surface area contributed by atoms with Gasteiger partial charge in [-0.3, -0.25) is 0 Å². The summed E-state index contributed by atoms with van der Waals surface area (Å²) in [6.45, 7) is 12.3. The summed E-state index contributed by atoms with van der Waals surface area (Å²) in [6, 6.07) is 0. The summed E-state index contributed by atoms with van der Waals surface area (Å²) < 4.78 is 0. The van der Waals surface area contributed by atoms with Gasteiger partial charge >= 0.3 is 0 Å². The minimum absolute atomic E-state index is 0.560. The summed E-state index contributed by atoms with van der Waals surface area (Å²) in [5.41, 5.74) is 1.13. The lowest BCUT2D eigenvalue weighted by Crippen LogP contribution is -2.19. The minimum atomic E-state index is 0.560. The molecule has 0 spiro atoms. The molecule has 0 aliphatic heterocycles. The summed E-state index contributed by atoms with van der Waals surface area (Å²) in [5, 5.41) is 0. The molecule has 0 aromatic rings. The summed E-state index contributed by atoms with van der Waals surface area (Å²) in [7, 11) is 0. The van der Waals surface area contributed by atoms with Crippen LogP contribution < -0.4 is 0 Å². The molecule has 0 aromatic heterocycles. The topological polar surface area (TPSA) is 0 Å². The van der Waals surface area contributed by atoms with E-state index < -0.39 is 0 Å². The Labute approximate surface area is 110 Å². The van der Waals surface area contributed by atoms with E-state index in [4.69, 9.17) is 0 Å². The van der Waals surface area contributed by atoms with E-state index in [1.165, 1.54) is 57.8 Å². The van der Waals surface area contributed by atoms with Gasteiger partial charge in [-0.25, -0.2) is 0 Å². The van der Waals surface area contributed by atoms with Gasteiger partial charge in [-0.15, -0.1) is 0 Å². The van der Waals surface area contributed by atoms with Crippen LogP contribution in [-0.2, 0) is 0 Å². The van der Waals surface area contributed by atoms with Gasteiger partial charge < -0.3 is 0 Å². The molecule has 0 heteroatoms. The first-order valence-electron chi connectivity index (χ1n) is 7.81. The minimum Gasteiger partial charge on any atom is -0.0625 e. The van der Waals surface area contributed by atoms with Crippen molar-refractivity contribution in [3.63, 3.8) is 0 Å². The molecule has 1 unspecified atom stereocenters. The predicted octanol–water partition coefficient (Wildman–Crippen LogP) is 6.20. The molecule has 0 radical (unpaired) electrons. The van der Waals surface area contributed by atoms with Crippen LogP contribution in [0, 0.1) is 16.7 Å². The highest BCUT2D eigenvalue weighted by atomic mass is 14.3. The Hall–Kier alpha value is 0. The molecule has 102 valence electrons. The molecular weight excluding hydrogens is 204 g/mol. The fraction of sp³-hybridized carbons (Fsp3) is 1.00. The Morgan fingerprint density at radius 2 is 1.24 bits per heavy atom. The molecule has 0 nitrogen and oxygen atoms in total.